The smallest absolute Gasteiger partial charge is 0.332 e. The van der Waals surface area contributed by atoms with Crippen LogP contribution in [0.25, 0.3) is 11.0 Å². The number of hydrogen-bond acceptors (Lipinski definition) is 7. The average Bonchev–Trinajstić information content (AvgIpc) is 3.11. The predicted octanol–water partition coefficient (Wildman–Crippen LogP) is 0.113. The van der Waals surface area contributed by atoms with Crippen molar-refractivity contribution in [3.63, 3.8) is 0 Å². The van der Waals surface area contributed by atoms with Crippen molar-refractivity contribution in [1.29, 1.82) is 0 Å². The molecule has 3 aromatic rings. The third-order valence-electron chi connectivity index (χ3n) is 4.70. The molecule has 0 unspecified atom stereocenters. The summed E-state index contributed by atoms with van der Waals surface area (Å²) in [7, 11) is 3.16. The lowest BCUT2D eigenvalue weighted by molar-refractivity contribution is 0.672. The number of pyridine rings is 1. The van der Waals surface area contributed by atoms with Gasteiger partial charge in [0, 0.05) is 57.1 Å². The molecule has 0 aliphatic carbocycles. The van der Waals surface area contributed by atoms with E-state index in [1.807, 2.05) is 17.0 Å². The van der Waals surface area contributed by atoms with Crippen molar-refractivity contribution in [3.8, 4) is 0 Å². The van der Waals surface area contributed by atoms with Gasteiger partial charge in [0.15, 0.2) is 5.65 Å². The van der Waals surface area contributed by atoms with E-state index in [1.165, 1.54) is 17.7 Å². The average molecular weight is 353 g/mol. The fraction of sp³-hybridized carbons (Fsp3) is 0.353. The van der Waals surface area contributed by atoms with Crippen molar-refractivity contribution in [2.24, 2.45) is 14.1 Å². The summed E-state index contributed by atoms with van der Waals surface area (Å²) in [5.41, 5.74) is 0.0186. The second kappa shape index (κ2) is 6.25. The van der Waals surface area contributed by atoms with E-state index in [1.54, 1.807) is 19.4 Å². The van der Waals surface area contributed by atoms with Gasteiger partial charge < -0.3 is 10.2 Å². The lowest BCUT2D eigenvalue weighted by atomic mass is 10.3. The molecule has 0 radical (unpaired) electrons. The summed E-state index contributed by atoms with van der Waals surface area (Å²) >= 11 is 0. The van der Waals surface area contributed by atoms with Crippen LogP contribution in [0.2, 0.25) is 0 Å². The van der Waals surface area contributed by atoms with Gasteiger partial charge in [-0.2, -0.15) is 4.98 Å². The van der Waals surface area contributed by atoms with Crippen LogP contribution in [0, 0.1) is 0 Å². The molecule has 1 atom stereocenters. The quantitative estimate of drug-likeness (QED) is 0.714. The van der Waals surface area contributed by atoms with Crippen LogP contribution in [0.5, 0.6) is 0 Å². The van der Waals surface area contributed by atoms with E-state index in [9.17, 15) is 9.59 Å². The Morgan fingerprint density at radius 2 is 2.04 bits per heavy atom. The summed E-state index contributed by atoms with van der Waals surface area (Å²) in [4.78, 5) is 39.1. The van der Waals surface area contributed by atoms with Crippen molar-refractivity contribution in [2.45, 2.75) is 12.5 Å². The molecule has 1 N–H and O–H groups in total. The lowest BCUT2D eigenvalue weighted by Gasteiger charge is -2.21. The highest BCUT2D eigenvalue weighted by atomic mass is 16.2. The minimum Gasteiger partial charge on any atom is -0.356 e. The van der Waals surface area contributed by atoms with Gasteiger partial charge in [0.2, 0.25) is 5.95 Å². The number of hydrogen-bond donors (Lipinski definition) is 1. The highest BCUT2D eigenvalue weighted by molar-refractivity contribution is 5.74. The maximum Gasteiger partial charge on any atom is 0.332 e. The Morgan fingerprint density at radius 1 is 1.19 bits per heavy atom. The van der Waals surface area contributed by atoms with E-state index in [4.69, 9.17) is 0 Å². The van der Waals surface area contributed by atoms with E-state index >= 15 is 0 Å². The fourth-order valence-electron chi connectivity index (χ4n) is 3.23. The van der Waals surface area contributed by atoms with Gasteiger partial charge in [0.05, 0.1) is 0 Å². The molecule has 3 aromatic heterocycles. The molecule has 9 nitrogen and oxygen atoms in total. The Hall–Kier alpha value is -3.23. The van der Waals surface area contributed by atoms with Crippen LogP contribution in [-0.4, -0.2) is 43.2 Å². The number of aromatic nitrogens is 5. The molecule has 0 bridgehead atoms. The molecule has 1 aliphatic rings. The first kappa shape index (κ1) is 16.2. The zero-order chi connectivity index (χ0) is 18.3. The van der Waals surface area contributed by atoms with Gasteiger partial charge >= 0.3 is 5.69 Å². The third-order valence-corrected chi connectivity index (χ3v) is 4.70. The molecule has 4 rings (SSSR count). The summed E-state index contributed by atoms with van der Waals surface area (Å²) < 4.78 is 2.60. The summed E-state index contributed by atoms with van der Waals surface area (Å²) in [6.07, 6.45) is 4.30. The zero-order valence-electron chi connectivity index (χ0n) is 14.6. The first-order chi connectivity index (χ1) is 12.5. The van der Waals surface area contributed by atoms with E-state index in [-0.39, 0.29) is 17.3 Å². The minimum absolute atomic E-state index is 0.121. The molecule has 134 valence electrons. The lowest BCUT2D eigenvalue weighted by Crippen LogP contribution is -2.40. The number of nitrogens with one attached hydrogen (secondary N) is 1. The van der Waals surface area contributed by atoms with E-state index in [2.05, 4.69) is 20.3 Å². The van der Waals surface area contributed by atoms with Crippen LogP contribution >= 0.6 is 0 Å². The van der Waals surface area contributed by atoms with E-state index in [0.29, 0.717) is 24.0 Å². The molecule has 0 amide bonds. The van der Waals surface area contributed by atoms with E-state index in [0.717, 1.165) is 22.9 Å². The molecule has 1 saturated heterocycles. The van der Waals surface area contributed by atoms with Crippen molar-refractivity contribution >= 4 is 22.8 Å². The molecular formula is C17H19N7O2. The van der Waals surface area contributed by atoms with Crippen LogP contribution in [0.1, 0.15) is 6.42 Å². The highest BCUT2D eigenvalue weighted by Gasteiger charge is 2.25. The maximum atomic E-state index is 12.1. The van der Waals surface area contributed by atoms with Gasteiger partial charge in [0.1, 0.15) is 5.82 Å². The topological polar surface area (TPSA) is 97.9 Å². The molecule has 9 heteroatoms. The second-order valence-corrected chi connectivity index (χ2v) is 6.43. The normalized spacial score (nSPS) is 17.0. The molecule has 1 fully saturated rings. The van der Waals surface area contributed by atoms with Gasteiger partial charge in [-0.05, 0) is 18.6 Å². The number of nitrogens with zero attached hydrogens (tertiary/aromatic N) is 6. The Kier molecular flexibility index (Phi) is 3.90. The minimum atomic E-state index is -0.326. The molecule has 4 heterocycles. The Balaban J connectivity index is 1.53. The molecule has 26 heavy (non-hydrogen) atoms. The van der Waals surface area contributed by atoms with Gasteiger partial charge in [0.25, 0.3) is 5.56 Å². The first-order valence-corrected chi connectivity index (χ1v) is 8.39. The Bertz CT molecular complexity index is 1090. The van der Waals surface area contributed by atoms with Gasteiger partial charge in [-0.25, -0.2) is 14.8 Å². The van der Waals surface area contributed by atoms with Crippen LogP contribution in [0.3, 0.4) is 0 Å². The Morgan fingerprint density at radius 3 is 2.88 bits per heavy atom. The zero-order valence-corrected chi connectivity index (χ0v) is 14.6. The molecule has 0 saturated carbocycles. The van der Waals surface area contributed by atoms with Crippen LogP contribution in [-0.2, 0) is 14.1 Å². The summed E-state index contributed by atoms with van der Waals surface area (Å²) in [6, 6.07) is 5.39. The standard InChI is InChI=1S/C17H19N7O2/c1-22-13(8-14(25)23(2)17(22)26)24-7-5-12(10-24)20-16-19-9-11-4-3-6-18-15(11)21-16/h3-4,6,8-9,12H,5,7,10H2,1-2H3,(H,18,19,20,21)/t12-/m0/s1. The van der Waals surface area contributed by atoms with Crippen molar-refractivity contribution in [2.75, 3.05) is 23.3 Å². The first-order valence-electron chi connectivity index (χ1n) is 8.39. The van der Waals surface area contributed by atoms with Gasteiger partial charge in [-0.15, -0.1) is 0 Å². The van der Waals surface area contributed by atoms with Crippen molar-refractivity contribution in [1.82, 2.24) is 24.1 Å². The monoisotopic (exact) mass is 353 g/mol. The molecular weight excluding hydrogens is 334 g/mol. The molecule has 1 aliphatic heterocycles. The molecule has 0 spiro atoms. The van der Waals surface area contributed by atoms with Crippen molar-refractivity contribution in [3.05, 3.63) is 51.4 Å². The van der Waals surface area contributed by atoms with Crippen LogP contribution in [0.4, 0.5) is 11.8 Å². The summed E-state index contributed by atoms with van der Waals surface area (Å²) in [5.74, 6) is 1.16. The number of fused-ring (bicyclic) bond motifs is 1. The summed E-state index contributed by atoms with van der Waals surface area (Å²) in [5, 5.41) is 4.21. The summed E-state index contributed by atoms with van der Waals surface area (Å²) in [6.45, 7) is 1.40. The van der Waals surface area contributed by atoms with Gasteiger partial charge in [-0.3, -0.25) is 13.9 Å². The molecule has 0 aromatic carbocycles. The van der Waals surface area contributed by atoms with Crippen LogP contribution < -0.4 is 21.5 Å². The second-order valence-electron chi connectivity index (χ2n) is 6.43. The third kappa shape index (κ3) is 2.81. The highest BCUT2D eigenvalue weighted by Crippen LogP contribution is 2.19. The fourth-order valence-corrected chi connectivity index (χ4v) is 3.23. The van der Waals surface area contributed by atoms with Crippen molar-refractivity contribution < 1.29 is 0 Å². The van der Waals surface area contributed by atoms with Gasteiger partial charge in [-0.1, -0.05) is 0 Å². The maximum absolute atomic E-state index is 12.1. The predicted molar refractivity (Wildman–Crippen MR) is 98.5 cm³/mol. The largest absolute Gasteiger partial charge is 0.356 e. The van der Waals surface area contributed by atoms with Crippen LogP contribution in [0.15, 0.2) is 40.2 Å². The Labute approximate surface area is 149 Å². The number of anilines is 2. The SMILES string of the molecule is Cn1c(N2CC[C@H](Nc3ncc4cccnc4n3)C2)cc(=O)n(C)c1=O. The number of rotatable bonds is 3. The van der Waals surface area contributed by atoms with E-state index < -0.39 is 0 Å².